The molecule has 0 aliphatic rings. The third kappa shape index (κ3) is 2.21. The van der Waals surface area contributed by atoms with E-state index in [0.29, 0.717) is 16.3 Å². The molecule has 3 rings (SSSR count). The summed E-state index contributed by atoms with van der Waals surface area (Å²) in [7, 11) is 3.26. The molecule has 2 heterocycles. The maximum absolute atomic E-state index is 5.41. The fraction of sp³-hybridized carbons (Fsp3) is 0.214. The van der Waals surface area contributed by atoms with Crippen LogP contribution in [0.2, 0.25) is 0 Å². The van der Waals surface area contributed by atoms with Crippen LogP contribution in [0.25, 0.3) is 11.0 Å². The van der Waals surface area contributed by atoms with Crippen LogP contribution in [0.4, 0.5) is 0 Å². The average Bonchev–Trinajstić information content (AvgIpc) is 3.06. The maximum atomic E-state index is 5.41. The lowest BCUT2D eigenvalue weighted by Gasteiger charge is -2.08. The number of hydrogen-bond acceptors (Lipinski definition) is 4. The maximum Gasteiger partial charge on any atom is 0.178 e. The van der Waals surface area contributed by atoms with Gasteiger partial charge in [0, 0.05) is 12.1 Å². The summed E-state index contributed by atoms with van der Waals surface area (Å²) in [4.78, 5) is 3.21. The molecule has 3 aromatic rings. The van der Waals surface area contributed by atoms with E-state index < -0.39 is 0 Å². The average molecular weight is 306 g/mol. The highest BCUT2D eigenvalue weighted by Gasteiger charge is 2.11. The van der Waals surface area contributed by atoms with Crippen molar-refractivity contribution in [3.05, 3.63) is 39.3 Å². The molecule has 4 nitrogen and oxygen atoms in total. The molecule has 0 atom stereocenters. The Morgan fingerprint density at radius 2 is 2.00 bits per heavy atom. The first kappa shape index (κ1) is 13.2. The van der Waals surface area contributed by atoms with Crippen LogP contribution in [0.1, 0.15) is 5.56 Å². The predicted octanol–water partition coefficient (Wildman–Crippen LogP) is 3.83. The van der Waals surface area contributed by atoms with E-state index in [1.54, 1.807) is 25.6 Å². The minimum absolute atomic E-state index is 0.693. The Kier molecular flexibility index (Phi) is 3.50. The summed E-state index contributed by atoms with van der Waals surface area (Å²) in [6.45, 7) is 0.748. The SMILES string of the molecule is COc1cc2[nH]c(=S)n(Cc3ccsc3)c2cc1OC. The van der Waals surface area contributed by atoms with Gasteiger partial charge in [-0.15, -0.1) is 0 Å². The lowest BCUT2D eigenvalue weighted by molar-refractivity contribution is 0.355. The molecule has 2 aromatic heterocycles. The van der Waals surface area contributed by atoms with Crippen molar-refractivity contribution in [3.63, 3.8) is 0 Å². The van der Waals surface area contributed by atoms with Gasteiger partial charge < -0.3 is 19.0 Å². The van der Waals surface area contributed by atoms with Crippen LogP contribution < -0.4 is 9.47 Å². The lowest BCUT2D eigenvalue weighted by atomic mass is 10.2. The van der Waals surface area contributed by atoms with E-state index in [-0.39, 0.29) is 0 Å². The number of ether oxygens (including phenoxy) is 2. The number of fused-ring (bicyclic) bond motifs is 1. The molecule has 0 radical (unpaired) electrons. The number of aromatic nitrogens is 2. The molecule has 0 aliphatic carbocycles. The van der Waals surface area contributed by atoms with Gasteiger partial charge in [-0.3, -0.25) is 0 Å². The van der Waals surface area contributed by atoms with Crippen LogP contribution >= 0.6 is 23.6 Å². The molecule has 20 heavy (non-hydrogen) atoms. The van der Waals surface area contributed by atoms with Gasteiger partial charge in [0.25, 0.3) is 0 Å². The van der Waals surface area contributed by atoms with E-state index in [1.165, 1.54) is 5.56 Å². The first-order valence-electron chi connectivity index (χ1n) is 6.08. The molecular formula is C14H14N2O2S2. The molecule has 1 aromatic carbocycles. The molecule has 0 aliphatic heterocycles. The Bertz CT molecular complexity index is 787. The Morgan fingerprint density at radius 3 is 2.65 bits per heavy atom. The summed E-state index contributed by atoms with van der Waals surface area (Å²) < 4.78 is 13.4. The normalized spacial score (nSPS) is 10.9. The third-order valence-corrected chi connectivity index (χ3v) is 4.25. The van der Waals surface area contributed by atoms with Gasteiger partial charge >= 0.3 is 0 Å². The minimum Gasteiger partial charge on any atom is -0.493 e. The summed E-state index contributed by atoms with van der Waals surface area (Å²) in [6, 6.07) is 5.97. The van der Waals surface area contributed by atoms with Crippen LogP contribution in [0.3, 0.4) is 0 Å². The molecule has 6 heteroatoms. The van der Waals surface area contributed by atoms with Crippen LogP contribution in [0, 0.1) is 4.77 Å². The molecule has 0 unspecified atom stereocenters. The van der Waals surface area contributed by atoms with Gasteiger partial charge in [-0.05, 0) is 34.6 Å². The van der Waals surface area contributed by atoms with Crippen molar-refractivity contribution in [3.8, 4) is 11.5 Å². The highest BCUT2D eigenvalue weighted by Crippen LogP contribution is 2.32. The van der Waals surface area contributed by atoms with Gasteiger partial charge in [0.05, 0.1) is 31.8 Å². The number of thiophene rings is 1. The van der Waals surface area contributed by atoms with E-state index in [4.69, 9.17) is 21.7 Å². The highest BCUT2D eigenvalue weighted by atomic mass is 32.1. The second kappa shape index (κ2) is 5.30. The zero-order chi connectivity index (χ0) is 14.1. The van der Waals surface area contributed by atoms with E-state index in [9.17, 15) is 0 Å². The summed E-state index contributed by atoms with van der Waals surface area (Å²) in [5, 5.41) is 4.19. The van der Waals surface area contributed by atoms with Crippen LogP contribution in [-0.2, 0) is 6.54 Å². The molecule has 0 bridgehead atoms. The summed E-state index contributed by atoms with van der Waals surface area (Å²) >= 11 is 7.10. The van der Waals surface area contributed by atoms with Crippen LogP contribution in [0.5, 0.6) is 11.5 Å². The number of aromatic amines is 1. The molecule has 0 saturated carbocycles. The molecule has 0 saturated heterocycles. The van der Waals surface area contributed by atoms with Gasteiger partial charge in [-0.1, -0.05) is 0 Å². The molecule has 0 amide bonds. The summed E-state index contributed by atoms with van der Waals surface area (Å²) in [5.41, 5.74) is 3.20. The van der Waals surface area contributed by atoms with Gasteiger partial charge in [0.15, 0.2) is 16.3 Å². The molecule has 0 spiro atoms. The number of H-pyrrole nitrogens is 1. The van der Waals surface area contributed by atoms with Crippen LogP contribution in [0.15, 0.2) is 29.0 Å². The van der Waals surface area contributed by atoms with Crippen molar-refractivity contribution in [2.75, 3.05) is 14.2 Å². The number of methoxy groups -OCH3 is 2. The zero-order valence-electron chi connectivity index (χ0n) is 11.2. The third-order valence-electron chi connectivity index (χ3n) is 3.20. The van der Waals surface area contributed by atoms with Crippen molar-refractivity contribution in [2.24, 2.45) is 0 Å². The monoisotopic (exact) mass is 306 g/mol. The number of benzene rings is 1. The second-order valence-corrected chi connectivity index (χ2v) is 5.54. The molecule has 0 fully saturated rings. The van der Waals surface area contributed by atoms with Gasteiger partial charge in [-0.2, -0.15) is 11.3 Å². The molecule has 1 N–H and O–H groups in total. The van der Waals surface area contributed by atoms with Crippen molar-refractivity contribution >= 4 is 34.6 Å². The Balaban J connectivity index is 2.16. The zero-order valence-corrected chi connectivity index (χ0v) is 12.8. The second-order valence-electron chi connectivity index (χ2n) is 4.37. The van der Waals surface area contributed by atoms with E-state index >= 15 is 0 Å². The number of nitrogens with zero attached hydrogens (tertiary/aromatic N) is 1. The van der Waals surface area contributed by atoms with Crippen molar-refractivity contribution < 1.29 is 9.47 Å². The Morgan fingerprint density at radius 1 is 1.25 bits per heavy atom. The number of rotatable bonds is 4. The first-order chi connectivity index (χ1) is 9.72. The molecule has 104 valence electrons. The number of hydrogen-bond donors (Lipinski definition) is 1. The first-order valence-corrected chi connectivity index (χ1v) is 7.43. The fourth-order valence-electron chi connectivity index (χ4n) is 2.21. The predicted molar refractivity (Wildman–Crippen MR) is 83.6 cm³/mol. The number of imidazole rings is 1. The summed E-state index contributed by atoms with van der Waals surface area (Å²) in [5.74, 6) is 1.40. The fourth-order valence-corrected chi connectivity index (χ4v) is 3.14. The topological polar surface area (TPSA) is 39.2 Å². The minimum atomic E-state index is 0.693. The van der Waals surface area contributed by atoms with Crippen molar-refractivity contribution in [1.29, 1.82) is 0 Å². The quantitative estimate of drug-likeness (QED) is 0.745. The molecular weight excluding hydrogens is 292 g/mol. The van der Waals surface area contributed by atoms with Gasteiger partial charge in [0.1, 0.15) is 0 Å². The van der Waals surface area contributed by atoms with Gasteiger partial charge in [0.2, 0.25) is 0 Å². The van der Waals surface area contributed by atoms with Gasteiger partial charge in [-0.25, -0.2) is 0 Å². The smallest absolute Gasteiger partial charge is 0.178 e. The van der Waals surface area contributed by atoms with Crippen molar-refractivity contribution in [1.82, 2.24) is 9.55 Å². The van der Waals surface area contributed by atoms with E-state index in [1.807, 2.05) is 12.1 Å². The lowest BCUT2D eigenvalue weighted by Crippen LogP contribution is -1.99. The Hall–Kier alpha value is -1.79. The largest absolute Gasteiger partial charge is 0.493 e. The van der Waals surface area contributed by atoms with Crippen LogP contribution in [-0.4, -0.2) is 23.8 Å². The van der Waals surface area contributed by atoms with E-state index in [2.05, 4.69) is 26.4 Å². The van der Waals surface area contributed by atoms with E-state index in [0.717, 1.165) is 17.6 Å². The standard InChI is InChI=1S/C14H14N2O2S2/c1-17-12-5-10-11(6-13(12)18-2)16(14(19)15-10)7-9-3-4-20-8-9/h3-6,8H,7H2,1-2H3,(H,15,19). The Labute approximate surface area is 125 Å². The highest BCUT2D eigenvalue weighted by molar-refractivity contribution is 7.71. The number of nitrogens with one attached hydrogen (secondary N) is 1. The summed E-state index contributed by atoms with van der Waals surface area (Å²) in [6.07, 6.45) is 0. The van der Waals surface area contributed by atoms with Crippen molar-refractivity contribution in [2.45, 2.75) is 6.54 Å².